The van der Waals surface area contributed by atoms with Gasteiger partial charge < -0.3 is 15.0 Å². The van der Waals surface area contributed by atoms with E-state index in [9.17, 15) is 4.79 Å². The van der Waals surface area contributed by atoms with Crippen molar-refractivity contribution in [1.82, 2.24) is 10.2 Å². The third-order valence-electron chi connectivity index (χ3n) is 5.86. The van der Waals surface area contributed by atoms with Crippen LogP contribution in [0.25, 0.3) is 0 Å². The predicted octanol–water partition coefficient (Wildman–Crippen LogP) is 3.77. The van der Waals surface area contributed by atoms with Gasteiger partial charge in [0, 0.05) is 13.1 Å². The van der Waals surface area contributed by atoms with Crippen molar-refractivity contribution in [3.8, 4) is 5.75 Å². The highest BCUT2D eigenvalue weighted by atomic mass is 35.5. The molecule has 3 rings (SSSR count). The SMILES string of the molecule is Cc1ccc(C(C)C)cc1OC(C)C(=O)N1CC[C@@H]2CNC[C@@H]2CC1.Cl. The number of hydrogen-bond acceptors (Lipinski definition) is 3. The number of hydrogen-bond donors (Lipinski definition) is 1. The maximum atomic E-state index is 12.9. The monoisotopic (exact) mass is 380 g/mol. The van der Waals surface area contributed by atoms with Crippen LogP contribution >= 0.6 is 12.4 Å². The van der Waals surface area contributed by atoms with Crippen LogP contribution in [0.4, 0.5) is 0 Å². The molecule has 146 valence electrons. The Bertz CT molecular complexity index is 606. The molecule has 1 amide bonds. The summed E-state index contributed by atoms with van der Waals surface area (Å²) in [6, 6.07) is 6.31. The van der Waals surface area contributed by atoms with E-state index in [0.717, 1.165) is 62.2 Å². The molecule has 0 bridgehead atoms. The molecule has 3 atom stereocenters. The molecule has 1 aromatic rings. The van der Waals surface area contributed by atoms with E-state index in [2.05, 4.69) is 37.4 Å². The lowest BCUT2D eigenvalue weighted by Crippen LogP contribution is -2.41. The van der Waals surface area contributed by atoms with Crippen molar-refractivity contribution < 1.29 is 9.53 Å². The van der Waals surface area contributed by atoms with Gasteiger partial charge >= 0.3 is 0 Å². The zero-order valence-electron chi connectivity index (χ0n) is 16.5. The molecule has 2 aliphatic heterocycles. The highest BCUT2D eigenvalue weighted by molar-refractivity contribution is 5.85. The molecular weight excluding hydrogens is 348 g/mol. The molecule has 0 saturated carbocycles. The van der Waals surface area contributed by atoms with Crippen LogP contribution in [0.15, 0.2) is 18.2 Å². The number of carbonyl (C=O) groups excluding carboxylic acids is 1. The van der Waals surface area contributed by atoms with E-state index in [1.54, 1.807) is 0 Å². The van der Waals surface area contributed by atoms with Gasteiger partial charge in [0.1, 0.15) is 5.75 Å². The molecule has 2 saturated heterocycles. The Kier molecular flexibility index (Phi) is 7.36. The molecule has 2 fully saturated rings. The first-order valence-electron chi connectivity index (χ1n) is 9.72. The van der Waals surface area contributed by atoms with E-state index >= 15 is 0 Å². The summed E-state index contributed by atoms with van der Waals surface area (Å²) in [4.78, 5) is 14.9. The zero-order chi connectivity index (χ0) is 18.0. The first kappa shape index (κ1) is 21.0. The van der Waals surface area contributed by atoms with Gasteiger partial charge in [-0.25, -0.2) is 0 Å². The zero-order valence-corrected chi connectivity index (χ0v) is 17.3. The van der Waals surface area contributed by atoms with Gasteiger partial charge in [-0.05, 0) is 74.7 Å². The van der Waals surface area contributed by atoms with Crippen LogP contribution in [0.3, 0.4) is 0 Å². The maximum Gasteiger partial charge on any atom is 0.263 e. The molecule has 5 heteroatoms. The highest BCUT2D eigenvalue weighted by Crippen LogP contribution is 2.28. The van der Waals surface area contributed by atoms with Crippen LogP contribution in [0.5, 0.6) is 5.75 Å². The fourth-order valence-electron chi connectivity index (χ4n) is 4.04. The fourth-order valence-corrected chi connectivity index (χ4v) is 4.04. The summed E-state index contributed by atoms with van der Waals surface area (Å²) < 4.78 is 6.08. The van der Waals surface area contributed by atoms with E-state index in [4.69, 9.17) is 4.74 Å². The smallest absolute Gasteiger partial charge is 0.263 e. The molecular formula is C21H33ClN2O2. The van der Waals surface area contributed by atoms with Crippen LogP contribution < -0.4 is 10.1 Å². The molecule has 26 heavy (non-hydrogen) atoms. The van der Waals surface area contributed by atoms with Crippen LogP contribution in [0, 0.1) is 18.8 Å². The van der Waals surface area contributed by atoms with Crippen molar-refractivity contribution in [2.45, 2.75) is 52.6 Å². The number of aryl methyl sites for hydroxylation is 1. The van der Waals surface area contributed by atoms with Gasteiger partial charge in [-0.3, -0.25) is 4.79 Å². The Labute approximate surface area is 164 Å². The second kappa shape index (κ2) is 9.09. The van der Waals surface area contributed by atoms with Crippen molar-refractivity contribution in [1.29, 1.82) is 0 Å². The number of halogens is 1. The third kappa shape index (κ3) is 4.72. The number of rotatable bonds is 4. The Hall–Kier alpha value is -1.26. The molecule has 2 heterocycles. The number of likely N-dealkylation sites (tertiary alicyclic amines) is 1. The summed E-state index contributed by atoms with van der Waals surface area (Å²) in [6.45, 7) is 12.2. The molecule has 0 aliphatic carbocycles. The number of amides is 1. The number of ether oxygens (including phenoxy) is 1. The third-order valence-corrected chi connectivity index (χ3v) is 5.86. The van der Waals surface area contributed by atoms with E-state index < -0.39 is 6.10 Å². The molecule has 4 nitrogen and oxygen atoms in total. The second-order valence-corrected chi connectivity index (χ2v) is 8.02. The number of carbonyl (C=O) groups is 1. The Morgan fingerprint density at radius 3 is 2.35 bits per heavy atom. The topological polar surface area (TPSA) is 41.6 Å². The van der Waals surface area contributed by atoms with E-state index in [-0.39, 0.29) is 18.3 Å². The first-order chi connectivity index (χ1) is 12.0. The quantitative estimate of drug-likeness (QED) is 0.864. The lowest BCUT2D eigenvalue weighted by molar-refractivity contribution is -0.138. The van der Waals surface area contributed by atoms with Gasteiger partial charge in [-0.1, -0.05) is 26.0 Å². The summed E-state index contributed by atoms with van der Waals surface area (Å²) in [7, 11) is 0. The van der Waals surface area contributed by atoms with Crippen LogP contribution in [0.1, 0.15) is 50.7 Å². The molecule has 2 aliphatic rings. The lowest BCUT2D eigenvalue weighted by atomic mass is 9.92. The minimum atomic E-state index is -0.433. The van der Waals surface area contributed by atoms with Gasteiger partial charge in [0.05, 0.1) is 0 Å². The molecule has 1 aromatic carbocycles. The molecule has 1 unspecified atom stereocenters. The average molecular weight is 381 g/mol. The van der Waals surface area contributed by atoms with Gasteiger partial charge in [-0.15, -0.1) is 12.4 Å². The Morgan fingerprint density at radius 2 is 1.77 bits per heavy atom. The Morgan fingerprint density at radius 1 is 1.15 bits per heavy atom. The molecule has 0 radical (unpaired) electrons. The average Bonchev–Trinajstić information content (AvgIpc) is 2.94. The summed E-state index contributed by atoms with van der Waals surface area (Å²) in [5.74, 6) is 2.88. The van der Waals surface area contributed by atoms with Crippen molar-refractivity contribution in [2.24, 2.45) is 11.8 Å². The van der Waals surface area contributed by atoms with E-state index in [0.29, 0.717) is 5.92 Å². The normalized spacial score (nSPS) is 23.8. The van der Waals surface area contributed by atoms with Gasteiger partial charge in [0.2, 0.25) is 0 Å². The van der Waals surface area contributed by atoms with Crippen molar-refractivity contribution in [2.75, 3.05) is 26.2 Å². The highest BCUT2D eigenvalue weighted by Gasteiger charge is 2.33. The van der Waals surface area contributed by atoms with Crippen LogP contribution in [0.2, 0.25) is 0 Å². The standard InChI is InChI=1S/C21H32N2O2.ClH/c1-14(2)17-6-5-15(3)20(11-17)25-16(4)21(24)23-9-7-18-12-22-13-19(18)8-10-23;/h5-6,11,14,16,18-19,22H,7-10,12-13H2,1-4H3;1H/t16?,18-,19+;. The summed E-state index contributed by atoms with van der Waals surface area (Å²) in [5, 5.41) is 3.48. The van der Waals surface area contributed by atoms with Crippen molar-refractivity contribution >= 4 is 18.3 Å². The molecule has 1 N–H and O–H groups in total. The van der Waals surface area contributed by atoms with Crippen molar-refractivity contribution in [3.05, 3.63) is 29.3 Å². The first-order valence-corrected chi connectivity index (χ1v) is 9.72. The Balaban J connectivity index is 0.00000243. The second-order valence-electron chi connectivity index (χ2n) is 8.02. The van der Waals surface area contributed by atoms with Gasteiger partial charge in [0.15, 0.2) is 6.10 Å². The number of nitrogens with zero attached hydrogens (tertiary/aromatic N) is 1. The van der Waals surface area contributed by atoms with E-state index in [1.807, 2.05) is 18.7 Å². The van der Waals surface area contributed by atoms with Gasteiger partial charge in [-0.2, -0.15) is 0 Å². The number of nitrogens with one attached hydrogen (secondary N) is 1. The minimum Gasteiger partial charge on any atom is -0.481 e. The summed E-state index contributed by atoms with van der Waals surface area (Å²) in [5.41, 5.74) is 2.33. The predicted molar refractivity (Wildman–Crippen MR) is 108 cm³/mol. The summed E-state index contributed by atoms with van der Waals surface area (Å²) in [6.07, 6.45) is 1.79. The van der Waals surface area contributed by atoms with Crippen molar-refractivity contribution in [3.63, 3.8) is 0 Å². The number of benzene rings is 1. The molecule has 0 aromatic heterocycles. The van der Waals surface area contributed by atoms with Crippen LogP contribution in [-0.4, -0.2) is 43.1 Å². The fraction of sp³-hybridized carbons (Fsp3) is 0.667. The van der Waals surface area contributed by atoms with Gasteiger partial charge in [0.25, 0.3) is 5.91 Å². The number of fused-ring (bicyclic) bond motifs is 1. The summed E-state index contributed by atoms with van der Waals surface area (Å²) >= 11 is 0. The lowest BCUT2D eigenvalue weighted by Gasteiger charge is -2.25. The van der Waals surface area contributed by atoms with Crippen LogP contribution in [-0.2, 0) is 4.79 Å². The minimum absolute atomic E-state index is 0. The molecule has 0 spiro atoms. The van der Waals surface area contributed by atoms with E-state index in [1.165, 1.54) is 5.56 Å². The largest absolute Gasteiger partial charge is 0.481 e. The maximum absolute atomic E-state index is 12.9.